The van der Waals surface area contributed by atoms with Gasteiger partial charge in [0.25, 0.3) is 0 Å². The van der Waals surface area contributed by atoms with Crippen molar-refractivity contribution in [2.75, 3.05) is 7.11 Å². The number of nitrogens with zero attached hydrogens (tertiary/aromatic N) is 2. The second-order valence-electron chi connectivity index (χ2n) is 8.30. The maximum Gasteiger partial charge on any atom is 0.118 e. The highest BCUT2D eigenvalue weighted by atomic mass is 16.5. The number of methoxy groups -OCH3 is 1. The van der Waals surface area contributed by atoms with Gasteiger partial charge in [-0.2, -0.15) is 0 Å². The lowest BCUT2D eigenvalue weighted by Gasteiger charge is -2.15. The van der Waals surface area contributed by atoms with Gasteiger partial charge in [-0.25, -0.2) is 9.97 Å². The molecular weight excluding hydrogens is 404 g/mol. The fourth-order valence-electron chi connectivity index (χ4n) is 4.52. The Bertz CT molecular complexity index is 1640. The molecule has 158 valence electrons. The molecule has 0 aliphatic carbocycles. The van der Waals surface area contributed by atoms with E-state index in [-0.39, 0.29) is 0 Å². The van der Waals surface area contributed by atoms with Crippen LogP contribution in [0.25, 0.3) is 55.1 Å². The van der Waals surface area contributed by atoms with E-state index in [1.165, 1.54) is 16.3 Å². The highest BCUT2D eigenvalue weighted by Gasteiger charge is 2.17. The van der Waals surface area contributed by atoms with Gasteiger partial charge in [-0.15, -0.1) is 0 Å². The molecule has 3 heteroatoms. The van der Waals surface area contributed by atoms with Gasteiger partial charge in [0.15, 0.2) is 0 Å². The van der Waals surface area contributed by atoms with E-state index in [0.717, 1.165) is 50.1 Å². The van der Waals surface area contributed by atoms with Crippen LogP contribution in [0.4, 0.5) is 0 Å². The third-order valence-electron chi connectivity index (χ3n) is 6.24. The maximum atomic E-state index is 5.37. The van der Waals surface area contributed by atoms with Crippen LogP contribution in [-0.2, 0) is 0 Å². The number of ether oxygens (including phenoxy) is 1. The molecule has 0 bridgehead atoms. The van der Waals surface area contributed by atoms with Crippen LogP contribution in [0.5, 0.6) is 5.75 Å². The minimum Gasteiger partial charge on any atom is -0.497 e. The van der Waals surface area contributed by atoms with Crippen LogP contribution in [0.3, 0.4) is 0 Å². The number of rotatable bonds is 3. The zero-order valence-corrected chi connectivity index (χ0v) is 18.5. The molecule has 0 unspecified atom stereocenters. The van der Waals surface area contributed by atoms with Gasteiger partial charge >= 0.3 is 0 Å². The van der Waals surface area contributed by atoms with Crippen molar-refractivity contribution in [2.24, 2.45) is 0 Å². The molecule has 0 amide bonds. The van der Waals surface area contributed by atoms with Crippen LogP contribution in [-0.4, -0.2) is 17.1 Å². The maximum absolute atomic E-state index is 5.37. The summed E-state index contributed by atoms with van der Waals surface area (Å²) >= 11 is 0. The van der Waals surface area contributed by atoms with Gasteiger partial charge < -0.3 is 4.74 Å². The summed E-state index contributed by atoms with van der Waals surface area (Å²) in [6, 6.07) is 33.5. The SMILES string of the molecule is COc1ccc(-c2nc3c4ccccc4c4ccccc4c3nc2-c2ccc(C)cc2)cc1. The van der Waals surface area contributed by atoms with E-state index in [1.54, 1.807) is 7.11 Å². The van der Waals surface area contributed by atoms with Crippen LogP contribution in [0.1, 0.15) is 5.56 Å². The Hall–Kier alpha value is -4.24. The van der Waals surface area contributed by atoms with Gasteiger partial charge in [0.05, 0.1) is 29.5 Å². The lowest BCUT2D eigenvalue weighted by molar-refractivity contribution is 0.415. The molecule has 1 heterocycles. The number of aryl methyl sites for hydroxylation is 1. The first-order chi connectivity index (χ1) is 16.2. The van der Waals surface area contributed by atoms with Crippen LogP contribution >= 0.6 is 0 Å². The minimum atomic E-state index is 0.820. The predicted octanol–water partition coefficient (Wildman–Crippen LogP) is 7.59. The molecule has 0 saturated heterocycles. The summed E-state index contributed by atoms with van der Waals surface area (Å²) in [5.74, 6) is 0.820. The van der Waals surface area contributed by atoms with Crippen LogP contribution in [0.2, 0.25) is 0 Å². The summed E-state index contributed by atoms with van der Waals surface area (Å²) in [5.41, 5.74) is 6.89. The summed E-state index contributed by atoms with van der Waals surface area (Å²) in [6.45, 7) is 2.10. The zero-order valence-electron chi connectivity index (χ0n) is 18.5. The molecule has 0 aliphatic heterocycles. The number of aromatic nitrogens is 2. The minimum absolute atomic E-state index is 0.820. The first kappa shape index (κ1) is 19.4. The second-order valence-corrected chi connectivity index (χ2v) is 8.30. The molecule has 6 aromatic rings. The average molecular weight is 427 g/mol. The molecule has 0 aliphatic rings. The standard InChI is InChI=1S/C30H22N2O/c1-19-11-13-20(14-12-19)27-28(21-15-17-22(33-2)18-16-21)32-30-26-10-6-4-8-24(26)23-7-3-5-9-25(23)29(30)31-27/h3-18H,1-2H3. The molecule has 33 heavy (non-hydrogen) atoms. The fourth-order valence-corrected chi connectivity index (χ4v) is 4.52. The first-order valence-electron chi connectivity index (χ1n) is 11.1. The third kappa shape index (κ3) is 3.21. The molecule has 0 fully saturated rings. The quantitative estimate of drug-likeness (QED) is 0.273. The van der Waals surface area contributed by atoms with Crippen LogP contribution in [0.15, 0.2) is 97.1 Å². The molecule has 0 atom stereocenters. The molecule has 0 saturated carbocycles. The predicted molar refractivity (Wildman–Crippen MR) is 137 cm³/mol. The van der Waals surface area contributed by atoms with E-state index in [2.05, 4.69) is 91.9 Å². The van der Waals surface area contributed by atoms with Crippen LogP contribution in [0, 0.1) is 6.92 Å². The highest BCUT2D eigenvalue weighted by molar-refractivity contribution is 6.23. The van der Waals surface area contributed by atoms with Gasteiger partial charge in [0.1, 0.15) is 5.75 Å². The summed E-state index contributed by atoms with van der Waals surface area (Å²) in [7, 11) is 1.68. The number of benzene rings is 5. The highest BCUT2D eigenvalue weighted by Crippen LogP contribution is 2.38. The molecular formula is C30H22N2O. The van der Waals surface area contributed by atoms with E-state index >= 15 is 0 Å². The van der Waals surface area contributed by atoms with E-state index in [9.17, 15) is 0 Å². The van der Waals surface area contributed by atoms with Crippen molar-refractivity contribution < 1.29 is 4.74 Å². The number of hydrogen-bond donors (Lipinski definition) is 0. The van der Waals surface area contributed by atoms with Crippen molar-refractivity contribution in [3.8, 4) is 28.3 Å². The van der Waals surface area contributed by atoms with Gasteiger partial charge in [-0.1, -0.05) is 78.4 Å². The van der Waals surface area contributed by atoms with Crippen molar-refractivity contribution in [1.29, 1.82) is 0 Å². The van der Waals surface area contributed by atoms with E-state index in [4.69, 9.17) is 14.7 Å². The first-order valence-corrected chi connectivity index (χ1v) is 11.1. The number of hydrogen-bond acceptors (Lipinski definition) is 3. The lowest BCUT2D eigenvalue weighted by atomic mass is 9.97. The van der Waals surface area contributed by atoms with Crippen molar-refractivity contribution in [2.45, 2.75) is 6.92 Å². The van der Waals surface area contributed by atoms with Gasteiger partial charge in [0.2, 0.25) is 0 Å². The Morgan fingerprint density at radius 2 is 0.939 bits per heavy atom. The Morgan fingerprint density at radius 3 is 1.39 bits per heavy atom. The normalized spacial score (nSPS) is 11.3. The molecule has 0 N–H and O–H groups in total. The molecule has 6 rings (SSSR count). The van der Waals surface area contributed by atoms with E-state index in [0.29, 0.717) is 0 Å². The molecule has 0 radical (unpaired) electrons. The number of fused-ring (bicyclic) bond motifs is 6. The van der Waals surface area contributed by atoms with Crippen molar-refractivity contribution >= 4 is 32.6 Å². The van der Waals surface area contributed by atoms with E-state index < -0.39 is 0 Å². The lowest BCUT2D eigenvalue weighted by Crippen LogP contribution is -1.97. The zero-order chi connectivity index (χ0) is 22.4. The molecule has 1 aromatic heterocycles. The summed E-state index contributed by atoms with van der Waals surface area (Å²) in [6.07, 6.45) is 0. The van der Waals surface area contributed by atoms with Gasteiger partial charge in [-0.05, 0) is 42.0 Å². The van der Waals surface area contributed by atoms with E-state index in [1.807, 2.05) is 12.1 Å². The summed E-state index contributed by atoms with van der Waals surface area (Å²) in [4.78, 5) is 10.6. The fraction of sp³-hybridized carbons (Fsp3) is 0.0667. The third-order valence-corrected chi connectivity index (χ3v) is 6.24. The molecule has 5 aromatic carbocycles. The Labute approximate surface area is 192 Å². The summed E-state index contributed by atoms with van der Waals surface area (Å²) < 4.78 is 5.37. The Kier molecular flexibility index (Phi) is 4.55. The smallest absolute Gasteiger partial charge is 0.118 e. The van der Waals surface area contributed by atoms with Crippen molar-refractivity contribution in [3.05, 3.63) is 103 Å². The second kappa shape index (κ2) is 7.72. The Balaban J connectivity index is 1.76. The Morgan fingerprint density at radius 1 is 0.515 bits per heavy atom. The van der Waals surface area contributed by atoms with Gasteiger partial charge in [0, 0.05) is 21.9 Å². The monoisotopic (exact) mass is 426 g/mol. The molecule has 0 spiro atoms. The average Bonchev–Trinajstić information content (AvgIpc) is 2.89. The van der Waals surface area contributed by atoms with Crippen molar-refractivity contribution in [3.63, 3.8) is 0 Å². The van der Waals surface area contributed by atoms with Crippen LogP contribution < -0.4 is 4.74 Å². The largest absolute Gasteiger partial charge is 0.497 e. The summed E-state index contributed by atoms with van der Waals surface area (Å²) in [5, 5.41) is 4.62. The molecule has 3 nitrogen and oxygen atoms in total. The van der Waals surface area contributed by atoms with Crippen molar-refractivity contribution in [1.82, 2.24) is 9.97 Å². The topological polar surface area (TPSA) is 35.0 Å². The van der Waals surface area contributed by atoms with Gasteiger partial charge in [-0.3, -0.25) is 0 Å².